The van der Waals surface area contributed by atoms with E-state index in [-0.39, 0.29) is 18.1 Å². The van der Waals surface area contributed by atoms with Gasteiger partial charge in [-0.3, -0.25) is 0 Å². The highest BCUT2D eigenvalue weighted by Gasteiger charge is 2.41. The highest BCUT2D eigenvalue weighted by molar-refractivity contribution is 5.20. The number of ether oxygens (including phenoxy) is 1. The van der Waals surface area contributed by atoms with Crippen molar-refractivity contribution in [1.82, 2.24) is 0 Å². The molecule has 1 saturated heterocycles. The molecular weight excluding hydrogens is 226 g/mol. The molecule has 4 heteroatoms. The maximum absolute atomic E-state index is 13.1. The molecule has 0 saturated carbocycles. The lowest BCUT2D eigenvalue weighted by atomic mass is 9.77. The molecule has 1 fully saturated rings. The minimum absolute atomic E-state index is 0.00678. The van der Waals surface area contributed by atoms with Crippen LogP contribution in [-0.4, -0.2) is 24.4 Å². The minimum atomic E-state index is -0.845. The maximum atomic E-state index is 13.1. The van der Waals surface area contributed by atoms with Gasteiger partial charge in [0.25, 0.3) is 0 Å². The average Bonchev–Trinajstić information content (AvgIpc) is 2.66. The van der Waals surface area contributed by atoms with Gasteiger partial charge in [-0.1, -0.05) is 6.07 Å². The first-order valence-corrected chi connectivity index (χ1v) is 5.74. The summed E-state index contributed by atoms with van der Waals surface area (Å²) >= 11 is 0. The van der Waals surface area contributed by atoms with Crippen molar-refractivity contribution in [3.63, 3.8) is 0 Å². The van der Waals surface area contributed by atoms with Crippen LogP contribution in [0.2, 0.25) is 0 Å². The number of aliphatic hydroxyl groups is 1. The van der Waals surface area contributed by atoms with Crippen molar-refractivity contribution in [1.29, 1.82) is 0 Å². The Balaban J connectivity index is 2.21. The van der Waals surface area contributed by atoms with E-state index in [0.29, 0.717) is 18.6 Å². The summed E-state index contributed by atoms with van der Waals surface area (Å²) < 4.78 is 31.4. The van der Waals surface area contributed by atoms with Crippen LogP contribution in [0, 0.1) is 17.0 Å². The quantitative estimate of drug-likeness (QED) is 0.881. The standard InChI is InChI=1S/C13H16F2O2/c1-9-13(8-16,4-5-17-9)7-10-2-3-11(14)12(15)6-10/h2-3,6,9,16H,4-5,7-8H2,1H3. The lowest BCUT2D eigenvalue weighted by Gasteiger charge is -2.30. The van der Waals surface area contributed by atoms with Crippen LogP contribution in [0.3, 0.4) is 0 Å². The Labute approximate surface area is 99.2 Å². The fourth-order valence-corrected chi connectivity index (χ4v) is 2.37. The van der Waals surface area contributed by atoms with Gasteiger partial charge in [-0.2, -0.15) is 0 Å². The Kier molecular flexibility index (Phi) is 3.45. The topological polar surface area (TPSA) is 29.5 Å². The van der Waals surface area contributed by atoms with Crippen LogP contribution < -0.4 is 0 Å². The summed E-state index contributed by atoms with van der Waals surface area (Å²) in [5.74, 6) is -1.69. The fraction of sp³-hybridized carbons (Fsp3) is 0.538. The third-order valence-electron chi connectivity index (χ3n) is 3.69. The van der Waals surface area contributed by atoms with Crippen LogP contribution in [-0.2, 0) is 11.2 Å². The second-order valence-corrected chi connectivity index (χ2v) is 4.71. The average molecular weight is 242 g/mol. The van der Waals surface area contributed by atoms with E-state index in [4.69, 9.17) is 4.74 Å². The molecule has 0 aromatic heterocycles. The highest BCUT2D eigenvalue weighted by Crippen LogP contribution is 2.37. The third-order valence-corrected chi connectivity index (χ3v) is 3.69. The van der Waals surface area contributed by atoms with Crippen molar-refractivity contribution in [2.24, 2.45) is 5.41 Å². The van der Waals surface area contributed by atoms with Gasteiger partial charge in [-0.25, -0.2) is 8.78 Å². The number of hydrogen-bond acceptors (Lipinski definition) is 2. The van der Waals surface area contributed by atoms with Crippen molar-refractivity contribution < 1.29 is 18.6 Å². The van der Waals surface area contributed by atoms with Gasteiger partial charge in [0.1, 0.15) is 0 Å². The van der Waals surface area contributed by atoms with Gasteiger partial charge in [-0.05, 0) is 37.5 Å². The van der Waals surface area contributed by atoms with E-state index in [1.165, 1.54) is 6.07 Å². The third kappa shape index (κ3) is 2.33. The molecule has 2 nitrogen and oxygen atoms in total. The summed E-state index contributed by atoms with van der Waals surface area (Å²) in [6, 6.07) is 3.87. The van der Waals surface area contributed by atoms with E-state index in [0.717, 1.165) is 12.5 Å². The zero-order valence-electron chi connectivity index (χ0n) is 9.75. The first-order valence-electron chi connectivity index (χ1n) is 5.74. The highest BCUT2D eigenvalue weighted by atomic mass is 19.2. The first kappa shape index (κ1) is 12.5. The van der Waals surface area contributed by atoms with Crippen LogP contribution >= 0.6 is 0 Å². The van der Waals surface area contributed by atoms with Crippen LogP contribution in [0.4, 0.5) is 8.78 Å². The van der Waals surface area contributed by atoms with E-state index in [9.17, 15) is 13.9 Å². The summed E-state index contributed by atoms with van der Waals surface area (Å²) in [7, 11) is 0. The molecule has 0 amide bonds. The number of halogens is 2. The molecule has 2 atom stereocenters. The summed E-state index contributed by atoms with van der Waals surface area (Å²) in [6.07, 6.45) is 1.17. The summed E-state index contributed by atoms with van der Waals surface area (Å²) in [4.78, 5) is 0. The normalized spacial score (nSPS) is 28.6. The zero-order valence-corrected chi connectivity index (χ0v) is 9.75. The number of benzene rings is 1. The van der Waals surface area contributed by atoms with Gasteiger partial charge in [-0.15, -0.1) is 0 Å². The predicted octanol–water partition coefficient (Wildman–Crippen LogP) is 2.29. The maximum Gasteiger partial charge on any atom is 0.159 e. The van der Waals surface area contributed by atoms with E-state index in [2.05, 4.69) is 0 Å². The second-order valence-electron chi connectivity index (χ2n) is 4.71. The van der Waals surface area contributed by atoms with Crippen molar-refractivity contribution in [2.75, 3.05) is 13.2 Å². The monoisotopic (exact) mass is 242 g/mol. The number of hydrogen-bond donors (Lipinski definition) is 1. The molecular formula is C13H16F2O2. The summed E-state index contributed by atoms with van der Waals surface area (Å²) in [5, 5.41) is 9.52. The Hall–Kier alpha value is -1.00. The molecule has 2 rings (SSSR count). The molecule has 1 aliphatic heterocycles. The lowest BCUT2D eigenvalue weighted by molar-refractivity contribution is 0.0271. The molecule has 2 unspecified atom stereocenters. The van der Waals surface area contributed by atoms with Crippen LogP contribution in [0.5, 0.6) is 0 Å². The van der Waals surface area contributed by atoms with Crippen LogP contribution in [0.15, 0.2) is 18.2 Å². The Bertz CT molecular complexity index is 408. The molecule has 17 heavy (non-hydrogen) atoms. The largest absolute Gasteiger partial charge is 0.396 e. The van der Waals surface area contributed by atoms with Gasteiger partial charge in [0.15, 0.2) is 11.6 Å². The molecule has 94 valence electrons. The Morgan fingerprint density at radius 2 is 2.18 bits per heavy atom. The smallest absolute Gasteiger partial charge is 0.159 e. The molecule has 1 aliphatic rings. The molecule has 0 radical (unpaired) electrons. The first-order chi connectivity index (χ1) is 8.07. The van der Waals surface area contributed by atoms with Crippen molar-refractivity contribution in [2.45, 2.75) is 25.9 Å². The van der Waals surface area contributed by atoms with E-state index < -0.39 is 11.6 Å². The predicted molar refractivity (Wildman–Crippen MR) is 59.6 cm³/mol. The van der Waals surface area contributed by atoms with Crippen LogP contribution in [0.25, 0.3) is 0 Å². The second kappa shape index (κ2) is 4.70. The molecule has 0 spiro atoms. The van der Waals surface area contributed by atoms with Gasteiger partial charge in [0, 0.05) is 12.0 Å². The van der Waals surface area contributed by atoms with E-state index in [1.54, 1.807) is 6.07 Å². The van der Waals surface area contributed by atoms with Gasteiger partial charge >= 0.3 is 0 Å². The van der Waals surface area contributed by atoms with Crippen LogP contribution in [0.1, 0.15) is 18.9 Å². The SMILES string of the molecule is CC1OCCC1(CO)Cc1ccc(F)c(F)c1. The molecule has 1 heterocycles. The fourth-order valence-electron chi connectivity index (χ4n) is 2.37. The Morgan fingerprint density at radius 1 is 1.41 bits per heavy atom. The summed E-state index contributed by atoms with van der Waals surface area (Å²) in [5.41, 5.74) is 0.319. The van der Waals surface area contributed by atoms with Gasteiger partial charge in [0.05, 0.1) is 12.7 Å². The molecule has 1 aromatic carbocycles. The number of rotatable bonds is 3. The van der Waals surface area contributed by atoms with Crippen molar-refractivity contribution >= 4 is 0 Å². The Morgan fingerprint density at radius 3 is 2.71 bits per heavy atom. The number of aliphatic hydroxyl groups excluding tert-OH is 1. The van der Waals surface area contributed by atoms with Gasteiger partial charge < -0.3 is 9.84 Å². The van der Waals surface area contributed by atoms with Gasteiger partial charge in [0.2, 0.25) is 0 Å². The minimum Gasteiger partial charge on any atom is -0.396 e. The lowest BCUT2D eigenvalue weighted by Crippen LogP contribution is -2.35. The summed E-state index contributed by atoms with van der Waals surface area (Å²) in [6.45, 7) is 2.50. The van der Waals surface area contributed by atoms with Crippen molar-refractivity contribution in [3.8, 4) is 0 Å². The zero-order chi connectivity index (χ0) is 12.5. The van der Waals surface area contributed by atoms with Crippen molar-refractivity contribution in [3.05, 3.63) is 35.4 Å². The molecule has 1 N–H and O–H groups in total. The van der Waals surface area contributed by atoms with E-state index >= 15 is 0 Å². The molecule has 0 bridgehead atoms. The van der Waals surface area contributed by atoms with E-state index in [1.807, 2.05) is 6.92 Å². The molecule has 0 aliphatic carbocycles. The molecule has 1 aromatic rings.